The SMILES string of the molecule is CCO/N=C(/C(=O)N[C@@H]1C(=O)N2C(C(=O)O)=C(C[n+]3ccn4cc(C#N)ccc43)CS[C@H]12)c1csc(N)n1. The number of thioether (sulfide) groups is 1. The summed E-state index contributed by atoms with van der Waals surface area (Å²) in [6, 6.07) is 4.59. The third-order valence-corrected chi connectivity index (χ3v) is 7.96. The molecule has 38 heavy (non-hydrogen) atoms. The number of nitriles is 1. The second-order valence-corrected chi connectivity index (χ2v) is 10.3. The number of hydrogen-bond donors (Lipinski definition) is 3. The highest BCUT2D eigenvalue weighted by Crippen LogP contribution is 2.40. The lowest BCUT2D eigenvalue weighted by Crippen LogP contribution is -2.71. The Bertz CT molecular complexity index is 1570. The first-order valence-electron chi connectivity index (χ1n) is 11.3. The van der Waals surface area contributed by atoms with E-state index in [0.717, 1.165) is 17.0 Å². The summed E-state index contributed by atoms with van der Waals surface area (Å²) < 4.78 is 3.62. The smallest absolute Gasteiger partial charge is 0.352 e. The Balaban J connectivity index is 1.37. The topological polar surface area (TPSA) is 179 Å². The summed E-state index contributed by atoms with van der Waals surface area (Å²) in [6.45, 7) is 2.16. The van der Waals surface area contributed by atoms with Gasteiger partial charge in [-0.25, -0.2) is 18.7 Å². The number of aromatic nitrogens is 3. The molecule has 0 aromatic carbocycles. The molecule has 1 saturated heterocycles. The van der Waals surface area contributed by atoms with Crippen molar-refractivity contribution in [1.29, 1.82) is 5.26 Å². The molecule has 4 N–H and O–H groups in total. The number of carbonyl (C=O) groups is 3. The van der Waals surface area contributed by atoms with Crippen molar-refractivity contribution >= 4 is 57.4 Å². The maximum atomic E-state index is 13.1. The number of nitrogens with two attached hydrogens (primary N) is 1. The maximum Gasteiger partial charge on any atom is 0.352 e. The van der Waals surface area contributed by atoms with Gasteiger partial charge in [-0.05, 0) is 13.0 Å². The predicted octanol–water partition coefficient (Wildman–Crippen LogP) is 0.317. The molecule has 2 atom stereocenters. The molecule has 0 saturated carbocycles. The van der Waals surface area contributed by atoms with Crippen molar-refractivity contribution in [3.05, 3.63) is 58.6 Å². The van der Waals surface area contributed by atoms with Gasteiger partial charge in [0.25, 0.3) is 17.5 Å². The summed E-state index contributed by atoms with van der Waals surface area (Å²) >= 11 is 2.49. The molecule has 15 heteroatoms. The number of carbonyl (C=O) groups excluding carboxylic acids is 2. The van der Waals surface area contributed by atoms with E-state index in [1.165, 1.54) is 16.7 Å². The second-order valence-electron chi connectivity index (χ2n) is 8.27. The number of pyridine rings is 1. The highest BCUT2D eigenvalue weighted by Gasteiger charge is 2.54. The number of rotatable bonds is 8. The van der Waals surface area contributed by atoms with Crippen molar-refractivity contribution in [3.63, 3.8) is 0 Å². The van der Waals surface area contributed by atoms with Crippen LogP contribution in [-0.2, 0) is 25.8 Å². The third kappa shape index (κ3) is 4.44. The Hall–Kier alpha value is -4.42. The number of fused-ring (bicyclic) bond motifs is 2. The number of carboxylic acid groups (broad SMARTS) is 1. The van der Waals surface area contributed by atoms with Crippen LogP contribution in [0.25, 0.3) is 5.65 Å². The summed E-state index contributed by atoms with van der Waals surface area (Å²) in [5.74, 6) is -2.10. The van der Waals surface area contributed by atoms with Crippen LogP contribution in [0, 0.1) is 11.3 Å². The largest absolute Gasteiger partial charge is 0.477 e. The Morgan fingerprint density at radius 1 is 1.45 bits per heavy atom. The summed E-state index contributed by atoms with van der Waals surface area (Å²) in [5.41, 5.74) is 7.48. The predicted molar refractivity (Wildman–Crippen MR) is 137 cm³/mol. The molecule has 0 radical (unpaired) electrons. The van der Waals surface area contributed by atoms with Gasteiger partial charge >= 0.3 is 5.97 Å². The van der Waals surface area contributed by atoms with Crippen molar-refractivity contribution in [1.82, 2.24) is 19.6 Å². The molecule has 0 unspecified atom stereocenters. The number of nitrogens with one attached hydrogen (secondary N) is 1. The van der Waals surface area contributed by atoms with Crippen molar-refractivity contribution < 1.29 is 28.9 Å². The van der Waals surface area contributed by atoms with Gasteiger partial charge in [0.2, 0.25) is 0 Å². The van der Waals surface area contributed by atoms with Crippen LogP contribution in [0.1, 0.15) is 18.2 Å². The fourth-order valence-electron chi connectivity index (χ4n) is 4.25. The van der Waals surface area contributed by atoms with Crippen molar-refractivity contribution in [2.24, 2.45) is 5.16 Å². The highest BCUT2D eigenvalue weighted by atomic mass is 32.2. The lowest BCUT2D eigenvalue weighted by molar-refractivity contribution is -0.662. The molecule has 5 heterocycles. The number of nitrogen functional groups attached to an aromatic ring is 1. The molecule has 3 aromatic rings. The molecule has 1 fully saturated rings. The van der Waals surface area contributed by atoms with Crippen LogP contribution in [0.3, 0.4) is 0 Å². The molecule has 5 rings (SSSR count). The first kappa shape index (κ1) is 25.2. The van der Waals surface area contributed by atoms with Crippen molar-refractivity contribution in [3.8, 4) is 6.07 Å². The van der Waals surface area contributed by atoms with Gasteiger partial charge in [0.1, 0.15) is 60.6 Å². The zero-order valence-corrected chi connectivity index (χ0v) is 21.5. The van der Waals surface area contributed by atoms with E-state index in [9.17, 15) is 19.5 Å². The molecule has 0 bridgehead atoms. The molecule has 2 aliphatic rings. The highest BCUT2D eigenvalue weighted by molar-refractivity contribution is 8.00. The first-order chi connectivity index (χ1) is 18.3. The Kier molecular flexibility index (Phi) is 6.74. The quantitative estimate of drug-likeness (QED) is 0.153. The minimum absolute atomic E-state index is 0.0970. The van der Waals surface area contributed by atoms with Crippen LogP contribution in [0.5, 0.6) is 0 Å². The van der Waals surface area contributed by atoms with Gasteiger partial charge in [0.15, 0.2) is 10.8 Å². The van der Waals surface area contributed by atoms with Crippen molar-refractivity contribution in [2.75, 3.05) is 18.1 Å². The lowest BCUT2D eigenvalue weighted by atomic mass is 10.0. The summed E-state index contributed by atoms with van der Waals surface area (Å²) in [6.07, 6.45) is 5.23. The van der Waals surface area contributed by atoms with E-state index in [2.05, 4.69) is 21.5 Å². The number of amides is 2. The summed E-state index contributed by atoms with van der Waals surface area (Å²) in [7, 11) is 0. The van der Waals surface area contributed by atoms with Gasteiger partial charge in [-0.1, -0.05) is 5.16 Å². The van der Waals surface area contributed by atoms with Crippen LogP contribution in [-0.4, -0.2) is 66.7 Å². The number of anilines is 1. The van der Waals surface area contributed by atoms with Gasteiger partial charge in [0, 0.05) is 22.8 Å². The maximum absolute atomic E-state index is 13.1. The standard InChI is InChI=1S/C23H20N8O5S2/c1-2-36-28-16(14-11-38-23(25)26-14)19(32)27-17-20(33)31-18(22(34)35)13(10-37-21(17)31)9-30-6-5-29-8-12(7-24)3-4-15(29)30/h3-6,8,11,17,21H,2,9-10H2,1H3,(H3-,25,26,27,32,34,35)/p+1/b28-16+/t17-,21-/m1/s1. The van der Waals surface area contributed by atoms with Gasteiger partial charge in [-0.3, -0.25) is 14.5 Å². The van der Waals surface area contributed by atoms with Crippen LogP contribution in [0.2, 0.25) is 0 Å². The lowest BCUT2D eigenvalue weighted by Gasteiger charge is -2.49. The number of aliphatic carboxylic acids is 1. The summed E-state index contributed by atoms with van der Waals surface area (Å²) in [4.78, 5) is 48.7. The monoisotopic (exact) mass is 553 g/mol. The number of carboxylic acids is 1. The van der Waals surface area contributed by atoms with Crippen molar-refractivity contribution in [2.45, 2.75) is 24.9 Å². The number of β-lactam (4-membered cyclic amide) rings is 1. The van der Waals surface area contributed by atoms with Gasteiger partial charge in [-0.15, -0.1) is 23.1 Å². The average Bonchev–Trinajstić information content (AvgIpc) is 3.52. The van der Waals surface area contributed by atoms with E-state index in [1.54, 1.807) is 47.4 Å². The van der Waals surface area contributed by atoms with Crippen LogP contribution >= 0.6 is 23.1 Å². The molecule has 0 aliphatic carbocycles. The number of thiazole rings is 1. The fraction of sp³-hybridized carbons (Fsp3) is 0.261. The molecule has 2 amide bonds. The van der Waals surface area contributed by atoms with Crippen LogP contribution in [0.4, 0.5) is 5.13 Å². The number of imidazole rings is 1. The minimum atomic E-state index is -1.23. The fourth-order valence-corrected chi connectivity index (χ4v) is 6.13. The second kappa shape index (κ2) is 10.1. The Labute approximate surface area is 223 Å². The van der Waals surface area contributed by atoms with E-state index in [1.807, 2.05) is 4.57 Å². The average molecular weight is 554 g/mol. The minimum Gasteiger partial charge on any atom is -0.477 e. The molecule has 3 aromatic heterocycles. The first-order valence-corrected chi connectivity index (χ1v) is 13.3. The Morgan fingerprint density at radius 3 is 2.95 bits per heavy atom. The Morgan fingerprint density at radius 2 is 2.26 bits per heavy atom. The number of nitrogens with zero attached hydrogens (tertiary/aromatic N) is 6. The molecular weight excluding hydrogens is 532 g/mol. The van der Waals surface area contributed by atoms with Gasteiger partial charge in [-0.2, -0.15) is 5.26 Å². The third-order valence-electron chi connectivity index (χ3n) is 5.95. The van der Waals surface area contributed by atoms with E-state index in [0.29, 0.717) is 16.9 Å². The molecule has 2 aliphatic heterocycles. The van der Waals surface area contributed by atoms with Crippen LogP contribution < -0.4 is 15.6 Å². The normalized spacial score (nSPS) is 19.1. The van der Waals surface area contributed by atoms with E-state index < -0.39 is 29.2 Å². The zero-order valence-electron chi connectivity index (χ0n) is 19.9. The molecule has 0 spiro atoms. The number of oxime groups is 1. The van der Waals surface area contributed by atoms with E-state index >= 15 is 0 Å². The number of hydrogen-bond acceptors (Lipinski definition) is 10. The van der Waals surface area contributed by atoms with Crippen LogP contribution in [0.15, 0.2) is 52.5 Å². The zero-order chi connectivity index (χ0) is 27.0. The molecular formula is C23H21N8O5S2+. The van der Waals surface area contributed by atoms with Gasteiger partial charge in [0.05, 0.1) is 5.56 Å². The van der Waals surface area contributed by atoms with E-state index in [-0.39, 0.29) is 35.4 Å². The molecule has 194 valence electrons. The summed E-state index contributed by atoms with van der Waals surface area (Å²) in [5, 5.41) is 26.8. The molecule has 13 nitrogen and oxygen atoms in total. The van der Waals surface area contributed by atoms with E-state index in [4.69, 9.17) is 15.8 Å². The van der Waals surface area contributed by atoms with Gasteiger partial charge < -0.3 is 21.0 Å².